The maximum atomic E-state index is 14.7. The highest BCUT2D eigenvalue weighted by molar-refractivity contribution is 6.09. The van der Waals surface area contributed by atoms with Gasteiger partial charge in [0.1, 0.15) is 11.6 Å². The van der Waals surface area contributed by atoms with Crippen LogP contribution in [0.15, 0.2) is 42.9 Å². The number of carbonyl (C=O) groups excluding carboxylic acids is 1. The summed E-state index contributed by atoms with van der Waals surface area (Å²) in [4.78, 5) is 23.3. The maximum absolute atomic E-state index is 14.7. The summed E-state index contributed by atoms with van der Waals surface area (Å²) in [6, 6.07) is 3.25. The van der Waals surface area contributed by atoms with Crippen LogP contribution in [0.1, 0.15) is 48.1 Å². The third kappa shape index (κ3) is 6.02. The molecule has 2 fully saturated rings. The number of carbonyl (C=O) groups is 1. The summed E-state index contributed by atoms with van der Waals surface area (Å²) in [5, 5.41) is 14.2. The number of methoxy groups -OCH3 is 1. The number of nitrogens with zero attached hydrogens (tertiary/aromatic N) is 2. The number of ether oxygens (including phenoxy) is 2. The molecular formula is C29H32F3N7O3. The molecule has 5 rings (SSSR count). The molecule has 1 saturated heterocycles. The Bertz CT molecular complexity index is 1470. The summed E-state index contributed by atoms with van der Waals surface area (Å²) >= 11 is 0. The second kappa shape index (κ2) is 11.9. The Hall–Kier alpha value is -4.23. The van der Waals surface area contributed by atoms with E-state index in [9.17, 15) is 18.0 Å². The monoisotopic (exact) mass is 583 g/mol. The van der Waals surface area contributed by atoms with Crippen molar-refractivity contribution in [2.24, 2.45) is 11.7 Å². The number of rotatable bonds is 8. The molecule has 1 amide bonds. The number of benzene rings is 1. The molecule has 0 spiro atoms. The number of alkyl carbamates (subject to hydrolysis) is 1. The number of halogens is 3. The number of nitrogens with one attached hydrogen (secondary N) is 4. The number of pyridine rings is 1. The van der Waals surface area contributed by atoms with Crippen molar-refractivity contribution in [2.45, 2.75) is 43.4 Å². The molecule has 10 nitrogen and oxygen atoms in total. The molecule has 6 N–H and O–H groups in total. The number of hydrogen-bond donors (Lipinski definition) is 5. The van der Waals surface area contributed by atoms with Gasteiger partial charge in [0.15, 0.2) is 5.67 Å². The topological polar surface area (TPSA) is 151 Å². The van der Waals surface area contributed by atoms with Gasteiger partial charge in [0.2, 0.25) is 5.95 Å². The van der Waals surface area contributed by atoms with Crippen LogP contribution in [-0.2, 0) is 15.1 Å². The second-order valence-electron chi connectivity index (χ2n) is 10.8. The van der Waals surface area contributed by atoms with E-state index in [-0.39, 0.29) is 42.7 Å². The molecule has 1 aliphatic carbocycles. The smallest absolute Gasteiger partial charge is 0.407 e. The zero-order valence-electron chi connectivity index (χ0n) is 23.1. The molecule has 2 aliphatic rings. The van der Waals surface area contributed by atoms with Crippen molar-refractivity contribution >= 4 is 29.5 Å². The third-order valence-electron chi connectivity index (χ3n) is 7.82. The Labute approximate surface area is 240 Å². The van der Waals surface area contributed by atoms with E-state index in [1.54, 1.807) is 12.4 Å². The molecule has 0 bridgehead atoms. The van der Waals surface area contributed by atoms with E-state index in [1.807, 2.05) is 13.0 Å². The minimum absolute atomic E-state index is 0.103. The van der Waals surface area contributed by atoms with Gasteiger partial charge in [-0.05, 0) is 66.2 Å². The molecule has 0 unspecified atom stereocenters. The number of nitrogens with two attached hydrogens (primary N) is 1. The van der Waals surface area contributed by atoms with Gasteiger partial charge in [-0.1, -0.05) is 6.92 Å². The highest BCUT2D eigenvalue weighted by Crippen LogP contribution is 2.39. The summed E-state index contributed by atoms with van der Waals surface area (Å²) in [5.41, 5.74) is 5.60. The van der Waals surface area contributed by atoms with Crippen molar-refractivity contribution in [3.8, 4) is 0 Å². The van der Waals surface area contributed by atoms with Gasteiger partial charge in [-0.15, -0.1) is 0 Å². The van der Waals surface area contributed by atoms with E-state index in [1.165, 1.54) is 25.5 Å². The summed E-state index contributed by atoms with van der Waals surface area (Å²) < 4.78 is 53.4. The average Bonchev–Trinajstić information content (AvgIpc) is 3.39. The summed E-state index contributed by atoms with van der Waals surface area (Å²) in [6.07, 6.45) is 8.50. The first kappa shape index (κ1) is 29.3. The third-order valence-corrected chi connectivity index (χ3v) is 7.82. The fraction of sp³-hybridized carbons (Fsp3) is 0.379. The van der Waals surface area contributed by atoms with E-state index in [2.05, 4.69) is 25.6 Å². The minimum atomic E-state index is -1.92. The van der Waals surface area contributed by atoms with Crippen molar-refractivity contribution in [1.82, 2.24) is 20.3 Å². The second-order valence-corrected chi connectivity index (χ2v) is 10.8. The first-order valence-corrected chi connectivity index (χ1v) is 13.5. The van der Waals surface area contributed by atoms with Gasteiger partial charge in [0.25, 0.3) is 0 Å². The number of anilines is 2. The van der Waals surface area contributed by atoms with Crippen molar-refractivity contribution in [3.05, 3.63) is 76.9 Å². The van der Waals surface area contributed by atoms with E-state index < -0.39 is 34.7 Å². The van der Waals surface area contributed by atoms with Crippen LogP contribution in [0, 0.1) is 23.0 Å². The van der Waals surface area contributed by atoms with Gasteiger partial charge in [0.05, 0.1) is 55.4 Å². The zero-order chi connectivity index (χ0) is 30.0. The van der Waals surface area contributed by atoms with Crippen molar-refractivity contribution in [3.63, 3.8) is 0 Å². The number of allylic oxidation sites excluding steroid dienone is 1. The largest absolute Gasteiger partial charge is 0.453 e. The van der Waals surface area contributed by atoms with Gasteiger partial charge < -0.3 is 36.2 Å². The van der Waals surface area contributed by atoms with Crippen LogP contribution in [0.3, 0.4) is 0 Å². The molecule has 2 aromatic heterocycles. The molecule has 0 radical (unpaired) electrons. The van der Waals surface area contributed by atoms with Crippen LogP contribution < -0.4 is 16.4 Å². The van der Waals surface area contributed by atoms with Gasteiger partial charge in [-0.2, -0.15) is 0 Å². The van der Waals surface area contributed by atoms with Crippen LogP contribution >= 0.6 is 0 Å². The fourth-order valence-corrected chi connectivity index (χ4v) is 5.56. The summed E-state index contributed by atoms with van der Waals surface area (Å²) in [6.45, 7) is 1.51. The Morgan fingerprint density at radius 2 is 2.00 bits per heavy atom. The number of H-pyrrole nitrogens is 1. The average molecular weight is 584 g/mol. The number of alkyl halides is 1. The van der Waals surface area contributed by atoms with Crippen molar-refractivity contribution in [1.29, 1.82) is 5.41 Å². The highest BCUT2D eigenvalue weighted by atomic mass is 19.1. The van der Waals surface area contributed by atoms with Crippen LogP contribution in [-0.4, -0.2) is 59.2 Å². The van der Waals surface area contributed by atoms with Crippen molar-refractivity contribution < 1.29 is 27.4 Å². The Balaban J connectivity index is 1.26. The lowest BCUT2D eigenvalue weighted by atomic mass is 9.73. The van der Waals surface area contributed by atoms with Gasteiger partial charge in [-0.3, -0.25) is 4.98 Å². The van der Waals surface area contributed by atoms with Crippen LogP contribution in [0.2, 0.25) is 0 Å². The molecule has 1 aliphatic heterocycles. The first-order chi connectivity index (χ1) is 20.1. The predicted molar refractivity (Wildman–Crippen MR) is 150 cm³/mol. The SMILES string of the molecule is COC(=O)N[C@@H]1[C@H](N)C[C@H](c2ccncc2Nc2ncc(/C=C\C(=N)c3c(F)cc(C4(F)COC4)cc3F)[nH]2)C[C@@H]1C. The highest BCUT2D eigenvalue weighted by Gasteiger charge is 2.42. The quantitative estimate of drug-likeness (QED) is 0.242. The molecule has 222 valence electrons. The molecule has 3 heterocycles. The number of imidazole rings is 1. The van der Waals surface area contributed by atoms with E-state index in [0.29, 0.717) is 18.1 Å². The van der Waals surface area contributed by atoms with E-state index in [0.717, 1.165) is 29.8 Å². The van der Waals surface area contributed by atoms with Gasteiger partial charge >= 0.3 is 6.09 Å². The standard InChI is InChI=1S/C29H32F3N7O3/c1-15-7-16(8-23(34)26(15)39-28(40)41-2)19-5-6-35-12-24(19)38-27-36-11-18(37-27)3-4-22(33)25-20(30)9-17(10-21(25)31)29(32)13-42-14-29/h3-6,9-12,15-16,23,26,33H,7-8,13-14,34H2,1-2H3,(H,39,40)(H2,36,37,38)/b4-3-,33-22?/t15-,16+,23+,26-/m0/s1. The lowest BCUT2D eigenvalue weighted by Crippen LogP contribution is -2.54. The van der Waals surface area contributed by atoms with Gasteiger partial charge in [0, 0.05) is 18.3 Å². The molecule has 3 aromatic rings. The van der Waals surface area contributed by atoms with Gasteiger partial charge in [-0.25, -0.2) is 22.9 Å². The number of amides is 1. The summed E-state index contributed by atoms with van der Waals surface area (Å²) in [5.74, 6) is -1.45. The predicted octanol–water partition coefficient (Wildman–Crippen LogP) is 4.67. The molecular weight excluding hydrogens is 551 g/mol. The van der Waals surface area contributed by atoms with Crippen LogP contribution in [0.25, 0.3) is 6.08 Å². The number of hydrogen-bond acceptors (Lipinski definition) is 8. The maximum Gasteiger partial charge on any atom is 0.407 e. The fourth-order valence-electron chi connectivity index (χ4n) is 5.56. The Morgan fingerprint density at radius 1 is 1.26 bits per heavy atom. The normalized spacial score (nSPS) is 23.3. The molecule has 4 atom stereocenters. The zero-order valence-corrected chi connectivity index (χ0v) is 23.1. The van der Waals surface area contributed by atoms with Crippen LogP contribution in [0.4, 0.5) is 29.6 Å². The van der Waals surface area contributed by atoms with Crippen molar-refractivity contribution in [2.75, 3.05) is 25.6 Å². The van der Waals surface area contributed by atoms with E-state index >= 15 is 0 Å². The minimum Gasteiger partial charge on any atom is -0.453 e. The lowest BCUT2D eigenvalue weighted by molar-refractivity contribution is -0.135. The Kier molecular flexibility index (Phi) is 8.32. The molecule has 1 aromatic carbocycles. The van der Waals surface area contributed by atoms with Crippen LogP contribution in [0.5, 0.6) is 0 Å². The van der Waals surface area contributed by atoms with E-state index in [4.69, 9.17) is 20.6 Å². The molecule has 42 heavy (non-hydrogen) atoms. The number of aromatic nitrogens is 3. The Morgan fingerprint density at radius 3 is 2.64 bits per heavy atom. The summed E-state index contributed by atoms with van der Waals surface area (Å²) in [7, 11) is 1.32. The first-order valence-electron chi connectivity index (χ1n) is 13.5. The molecule has 13 heteroatoms. The lowest BCUT2D eigenvalue weighted by Gasteiger charge is -2.39. The molecule has 1 saturated carbocycles. The number of aromatic amines is 1.